The first-order chi connectivity index (χ1) is 18.3. The van der Waals surface area contributed by atoms with Gasteiger partial charge < -0.3 is 0 Å². The fourth-order valence-corrected chi connectivity index (χ4v) is 7.10. The zero-order chi connectivity index (χ0) is 28.2. The molecule has 3 saturated heterocycles. The van der Waals surface area contributed by atoms with Gasteiger partial charge in [0.25, 0.3) is 0 Å². The van der Waals surface area contributed by atoms with E-state index in [1.165, 1.54) is 6.20 Å². The number of hydrogen-bond acceptors (Lipinski definition) is 4. The molecule has 0 spiro atoms. The molecule has 208 valence electrons. The minimum absolute atomic E-state index is 0.0892. The zero-order valence-electron chi connectivity index (χ0n) is 20.5. The second kappa shape index (κ2) is 9.90. The summed E-state index contributed by atoms with van der Waals surface area (Å²) >= 11 is 0. The molecule has 0 aliphatic carbocycles. The van der Waals surface area contributed by atoms with Crippen LogP contribution in [0.15, 0.2) is 72.3 Å². The molecule has 3 fully saturated rings. The average Bonchev–Trinajstić information content (AvgIpc) is 2.90. The van der Waals surface area contributed by atoms with Crippen molar-refractivity contribution in [1.82, 2.24) is 14.6 Å². The molecule has 3 aliphatic heterocycles. The summed E-state index contributed by atoms with van der Waals surface area (Å²) in [5, 5.41) is 0.635. The number of alkyl halides is 6. The summed E-state index contributed by atoms with van der Waals surface area (Å²) in [7, 11) is -4.84. The van der Waals surface area contributed by atoms with Gasteiger partial charge in [0.05, 0.1) is 27.6 Å². The molecule has 1 N–H and O–H groups in total. The Kier molecular flexibility index (Phi) is 7.01. The maximum Gasteiger partial charge on any atom is 0.416 e. The Morgan fingerprint density at radius 3 is 2.28 bits per heavy atom. The Bertz CT molecular complexity index is 1470. The number of piperidine rings is 3. The molecular weight excluding hydrogens is 544 g/mol. The van der Waals surface area contributed by atoms with E-state index in [1.54, 1.807) is 30.3 Å². The van der Waals surface area contributed by atoms with Crippen molar-refractivity contribution in [3.63, 3.8) is 0 Å². The maximum absolute atomic E-state index is 13.6. The van der Waals surface area contributed by atoms with E-state index >= 15 is 0 Å². The van der Waals surface area contributed by atoms with Crippen LogP contribution < -0.4 is 4.72 Å². The molecule has 6 rings (SSSR count). The van der Waals surface area contributed by atoms with E-state index in [-0.39, 0.29) is 36.1 Å². The maximum atomic E-state index is 13.6. The van der Waals surface area contributed by atoms with Crippen molar-refractivity contribution in [3.8, 4) is 0 Å². The van der Waals surface area contributed by atoms with Gasteiger partial charge in [0.1, 0.15) is 0 Å². The Hall–Kier alpha value is -2.96. The van der Waals surface area contributed by atoms with Crippen LogP contribution >= 0.6 is 0 Å². The van der Waals surface area contributed by atoms with Gasteiger partial charge in [-0.05, 0) is 67.1 Å². The summed E-state index contributed by atoms with van der Waals surface area (Å²) in [6.45, 7) is 5.21. The molecule has 3 aromatic rings. The lowest BCUT2D eigenvalue weighted by Crippen LogP contribution is -2.57. The van der Waals surface area contributed by atoms with Crippen LogP contribution in [0.25, 0.3) is 10.9 Å². The van der Waals surface area contributed by atoms with E-state index in [0.717, 1.165) is 6.42 Å². The highest BCUT2D eigenvalue weighted by Gasteiger charge is 2.45. The van der Waals surface area contributed by atoms with Crippen LogP contribution in [0.2, 0.25) is 0 Å². The number of benzene rings is 2. The fraction of sp³-hybridized carbons (Fsp3) is 0.370. The first-order valence-corrected chi connectivity index (χ1v) is 13.8. The number of rotatable bonds is 6. The molecule has 3 aliphatic rings. The third-order valence-corrected chi connectivity index (χ3v) is 9.13. The largest absolute Gasteiger partial charge is 0.416 e. The standard InChI is InChI=1S/C27H25F6N3O2S/c1-2-16-15-36-10-8-17(16)11-24(36)25(22-7-9-34-23-6-4-3-5-21(22)23)35-39(37,38)20-13-18(26(28,29)30)12-19(14-20)27(31,32)33/h2-7,9,12-14,16-17,24-25,35H,1,8,10-11,15H2/t16?,17?,24?,25-/m0/s1. The van der Waals surface area contributed by atoms with Crippen LogP contribution in [0.5, 0.6) is 0 Å². The lowest BCUT2D eigenvalue weighted by molar-refractivity contribution is -0.143. The van der Waals surface area contributed by atoms with Crippen LogP contribution in [0.3, 0.4) is 0 Å². The summed E-state index contributed by atoms with van der Waals surface area (Å²) < 4.78 is 111. The normalized spacial score (nSPS) is 24.6. The number of nitrogens with zero attached hydrogens (tertiary/aromatic N) is 2. The fourth-order valence-electron chi connectivity index (χ4n) is 5.78. The second-order valence-corrected chi connectivity index (χ2v) is 11.7. The van der Waals surface area contributed by atoms with Crippen molar-refractivity contribution in [2.45, 2.75) is 42.2 Å². The van der Waals surface area contributed by atoms with E-state index in [4.69, 9.17) is 0 Å². The minimum atomic E-state index is -5.18. The molecule has 1 aromatic heterocycles. The number of hydrogen-bond donors (Lipinski definition) is 1. The van der Waals surface area contributed by atoms with Crippen LogP contribution in [-0.4, -0.2) is 37.4 Å². The first kappa shape index (κ1) is 27.6. The second-order valence-electron chi connectivity index (χ2n) is 10.0. The molecule has 0 amide bonds. The van der Waals surface area contributed by atoms with Crippen LogP contribution in [0.4, 0.5) is 26.3 Å². The van der Waals surface area contributed by atoms with Gasteiger partial charge in [-0.25, -0.2) is 13.1 Å². The third-order valence-electron chi connectivity index (χ3n) is 7.71. The molecule has 2 aromatic carbocycles. The first-order valence-electron chi connectivity index (χ1n) is 12.3. The molecule has 5 atom stereocenters. The molecule has 5 nitrogen and oxygen atoms in total. The van der Waals surface area contributed by atoms with Crippen molar-refractivity contribution < 1.29 is 34.8 Å². The number of aromatic nitrogens is 1. The SMILES string of the molecule is C=CC1CN2CCC1CC2[C@@H](NS(=O)(=O)c1cc(C(F)(F)F)cc(C(F)(F)F)c1)c1ccnc2ccccc12. The van der Waals surface area contributed by atoms with Crippen LogP contribution in [0, 0.1) is 11.8 Å². The highest BCUT2D eigenvalue weighted by molar-refractivity contribution is 7.89. The van der Waals surface area contributed by atoms with Gasteiger partial charge in [0.2, 0.25) is 10.0 Å². The van der Waals surface area contributed by atoms with Crippen molar-refractivity contribution >= 4 is 20.9 Å². The highest BCUT2D eigenvalue weighted by Crippen LogP contribution is 2.43. The van der Waals surface area contributed by atoms with Crippen molar-refractivity contribution in [1.29, 1.82) is 0 Å². The van der Waals surface area contributed by atoms with Gasteiger partial charge in [0.15, 0.2) is 0 Å². The molecule has 4 unspecified atom stereocenters. The van der Waals surface area contributed by atoms with E-state index in [9.17, 15) is 34.8 Å². The predicted octanol–water partition coefficient (Wildman–Crippen LogP) is 6.19. The molecule has 4 heterocycles. The van der Waals surface area contributed by atoms with Gasteiger partial charge in [-0.3, -0.25) is 9.88 Å². The number of nitrogens with one attached hydrogen (secondary N) is 1. The Morgan fingerprint density at radius 1 is 1.03 bits per heavy atom. The van der Waals surface area contributed by atoms with Gasteiger partial charge in [0, 0.05) is 24.2 Å². The average molecular weight is 570 g/mol. The van der Waals surface area contributed by atoms with Gasteiger partial charge >= 0.3 is 12.4 Å². The Labute approximate surface area is 221 Å². The Balaban J connectivity index is 1.62. The van der Waals surface area contributed by atoms with E-state index in [0.29, 0.717) is 36.0 Å². The molecule has 39 heavy (non-hydrogen) atoms. The quantitative estimate of drug-likeness (QED) is 0.284. The number of para-hydroxylation sites is 1. The lowest BCUT2D eigenvalue weighted by Gasteiger charge is -2.51. The van der Waals surface area contributed by atoms with Crippen LogP contribution in [0.1, 0.15) is 35.6 Å². The number of pyridine rings is 1. The van der Waals surface area contributed by atoms with Crippen LogP contribution in [-0.2, 0) is 22.4 Å². The summed E-state index contributed by atoms with van der Waals surface area (Å²) in [6, 6.07) is 7.70. The monoisotopic (exact) mass is 569 g/mol. The Morgan fingerprint density at radius 2 is 1.69 bits per heavy atom. The molecule has 0 radical (unpaired) electrons. The smallest absolute Gasteiger partial charge is 0.298 e. The molecule has 0 saturated carbocycles. The van der Waals surface area contributed by atoms with Crippen molar-refractivity contribution in [3.05, 3.63) is 84.1 Å². The number of fused-ring (bicyclic) bond motifs is 4. The predicted molar refractivity (Wildman–Crippen MR) is 133 cm³/mol. The third kappa shape index (κ3) is 5.42. The van der Waals surface area contributed by atoms with Gasteiger partial charge in [-0.1, -0.05) is 24.3 Å². The molecule has 12 heteroatoms. The highest BCUT2D eigenvalue weighted by atomic mass is 32.2. The topological polar surface area (TPSA) is 62.3 Å². The zero-order valence-corrected chi connectivity index (χ0v) is 21.3. The van der Waals surface area contributed by atoms with Gasteiger partial charge in [-0.15, -0.1) is 6.58 Å². The van der Waals surface area contributed by atoms with E-state index < -0.39 is 44.4 Å². The van der Waals surface area contributed by atoms with Crippen molar-refractivity contribution in [2.75, 3.05) is 13.1 Å². The van der Waals surface area contributed by atoms with Gasteiger partial charge in [-0.2, -0.15) is 26.3 Å². The summed E-state index contributed by atoms with van der Waals surface area (Å²) in [4.78, 5) is 5.33. The van der Waals surface area contributed by atoms with E-state index in [2.05, 4.69) is 21.2 Å². The minimum Gasteiger partial charge on any atom is -0.298 e. The van der Waals surface area contributed by atoms with E-state index in [1.807, 2.05) is 6.08 Å². The molecular formula is C27H25F6N3O2S. The summed E-state index contributed by atoms with van der Waals surface area (Å²) in [5.74, 6) is 0.433. The lowest BCUT2D eigenvalue weighted by atomic mass is 9.73. The summed E-state index contributed by atoms with van der Waals surface area (Å²) in [6.07, 6.45) is -5.52. The molecule has 2 bridgehead atoms. The summed E-state index contributed by atoms with van der Waals surface area (Å²) in [5.41, 5.74) is -2.27. The van der Waals surface area contributed by atoms with Crippen molar-refractivity contribution in [2.24, 2.45) is 11.8 Å². The number of sulfonamides is 1. The number of halogens is 6.